The summed E-state index contributed by atoms with van der Waals surface area (Å²) in [6, 6.07) is 13.8. The lowest BCUT2D eigenvalue weighted by Gasteiger charge is -2.14. The van der Waals surface area contributed by atoms with Crippen LogP contribution in [0.4, 0.5) is 0 Å². The Labute approximate surface area is 174 Å². The van der Waals surface area contributed by atoms with Crippen LogP contribution in [0.1, 0.15) is 114 Å². The molecule has 0 bridgehead atoms. The van der Waals surface area contributed by atoms with Crippen LogP contribution in [0.5, 0.6) is 0 Å². The minimum atomic E-state index is 1.27. The minimum Gasteiger partial charge on any atom is -0.0616 e. The summed E-state index contributed by atoms with van der Waals surface area (Å²) in [6.45, 7) is 0. The first kappa shape index (κ1) is 21.4. The molecule has 0 radical (unpaired) electrons. The Bertz CT molecular complexity index is 669. The predicted molar refractivity (Wildman–Crippen MR) is 125 cm³/mol. The predicted octanol–water partition coefficient (Wildman–Crippen LogP) is 9.18. The third-order valence-electron chi connectivity index (χ3n) is 6.76. The van der Waals surface area contributed by atoms with Gasteiger partial charge in [-0.3, -0.25) is 0 Å². The van der Waals surface area contributed by atoms with E-state index in [0.717, 1.165) is 0 Å². The van der Waals surface area contributed by atoms with Gasteiger partial charge in [-0.25, -0.2) is 0 Å². The number of benzene rings is 2. The third kappa shape index (κ3) is 7.26. The average Bonchev–Trinajstić information content (AvgIpc) is 2.72. The van der Waals surface area contributed by atoms with Gasteiger partial charge in [0.2, 0.25) is 0 Å². The molecule has 0 unspecified atom stereocenters. The van der Waals surface area contributed by atoms with Gasteiger partial charge in [0, 0.05) is 0 Å². The van der Waals surface area contributed by atoms with Gasteiger partial charge in [-0.15, -0.1) is 0 Å². The van der Waals surface area contributed by atoms with Crippen molar-refractivity contribution in [2.75, 3.05) is 0 Å². The minimum absolute atomic E-state index is 1.27. The summed E-state index contributed by atoms with van der Waals surface area (Å²) in [6.07, 6.45) is 25.6. The second-order valence-electron chi connectivity index (χ2n) is 9.08. The van der Waals surface area contributed by atoms with Crippen molar-refractivity contribution in [3.63, 3.8) is 0 Å². The Hall–Kier alpha value is -1.30. The summed E-state index contributed by atoms with van der Waals surface area (Å²) in [5, 5.41) is 2.94. The quantitative estimate of drug-likeness (QED) is 0.428. The largest absolute Gasteiger partial charge is 0.0616 e. The molecule has 0 saturated carbocycles. The summed E-state index contributed by atoms with van der Waals surface area (Å²) >= 11 is 0. The maximum Gasteiger partial charge on any atom is -0.0149 e. The zero-order chi connectivity index (χ0) is 19.3. The van der Waals surface area contributed by atoms with E-state index in [1.165, 1.54) is 126 Å². The molecule has 0 spiro atoms. The molecule has 154 valence electrons. The van der Waals surface area contributed by atoms with E-state index in [1.807, 2.05) is 0 Å². The average molecular weight is 379 g/mol. The SMILES string of the molecule is c1ccc2c3c(ccc2c1)CCCCCCCCCCCCCCCCCC3. The smallest absolute Gasteiger partial charge is 0.0149 e. The first-order valence-corrected chi connectivity index (χ1v) is 12.4. The zero-order valence-electron chi connectivity index (χ0n) is 18.2. The summed E-state index contributed by atoms with van der Waals surface area (Å²) in [5.74, 6) is 0. The van der Waals surface area contributed by atoms with Gasteiger partial charge in [-0.2, -0.15) is 0 Å². The van der Waals surface area contributed by atoms with Crippen molar-refractivity contribution >= 4 is 10.8 Å². The number of rotatable bonds is 0. The van der Waals surface area contributed by atoms with E-state index in [0.29, 0.717) is 0 Å². The van der Waals surface area contributed by atoms with Crippen LogP contribution >= 0.6 is 0 Å². The normalized spacial score (nSPS) is 19.7. The molecule has 0 amide bonds. The zero-order valence-corrected chi connectivity index (χ0v) is 18.2. The highest BCUT2D eigenvalue weighted by molar-refractivity contribution is 5.86. The van der Waals surface area contributed by atoms with Crippen molar-refractivity contribution < 1.29 is 0 Å². The highest BCUT2D eigenvalue weighted by Crippen LogP contribution is 2.26. The second kappa shape index (κ2) is 13.0. The fourth-order valence-corrected chi connectivity index (χ4v) is 5.00. The Balaban J connectivity index is 1.60. The lowest BCUT2D eigenvalue weighted by atomic mass is 9.91. The van der Waals surface area contributed by atoms with E-state index < -0.39 is 0 Å². The molecule has 0 aliphatic heterocycles. The van der Waals surface area contributed by atoms with Gasteiger partial charge >= 0.3 is 0 Å². The number of hydrogen-bond acceptors (Lipinski definition) is 0. The van der Waals surface area contributed by atoms with E-state index in [4.69, 9.17) is 0 Å². The summed E-state index contributed by atoms with van der Waals surface area (Å²) in [5.41, 5.74) is 3.29. The monoisotopic (exact) mass is 378 g/mol. The molecular weight excluding hydrogens is 336 g/mol. The molecule has 0 fully saturated rings. The lowest BCUT2D eigenvalue weighted by molar-refractivity contribution is 0.526. The van der Waals surface area contributed by atoms with E-state index >= 15 is 0 Å². The Kier molecular flexibility index (Phi) is 9.96. The van der Waals surface area contributed by atoms with Crippen molar-refractivity contribution in [1.29, 1.82) is 0 Å². The molecule has 2 aromatic carbocycles. The molecule has 1 aliphatic rings. The van der Waals surface area contributed by atoms with Gasteiger partial charge in [0.05, 0.1) is 0 Å². The molecule has 0 heterocycles. The van der Waals surface area contributed by atoms with Crippen LogP contribution in [0, 0.1) is 0 Å². The van der Waals surface area contributed by atoms with Crippen LogP contribution in [0.25, 0.3) is 10.8 Å². The summed E-state index contributed by atoms with van der Waals surface area (Å²) in [7, 11) is 0. The van der Waals surface area contributed by atoms with E-state index in [2.05, 4.69) is 36.4 Å². The number of fused-ring (bicyclic) bond motifs is 3. The van der Waals surface area contributed by atoms with Crippen LogP contribution in [0.15, 0.2) is 36.4 Å². The van der Waals surface area contributed by atoms with Crippen molar-refractivity contribution in [1.82, 2.24) is 0 Å². The lowest BCUT2D eigenvalue weighted by Crippen LogP contribution is -1.97. The maximum atomic E-state index is 2.43. The molecule has 0 saturated heterocycles. The first-order chi connectivity index (χ1) is 13.9. The first-order valence-electron chi connectivity index (χ1n) is 12.4. The van der Waals surface area contributed by atoms with E-state index in [-0.39, 0.29) is 0 Å². The van der Waals surface area contributed by atoms with Gasteiger partial charge in [0.15, 0.2) is 0 Å². The van der Waals surface area contributed by atoms with Gasteiger partial charge in [-0.1, -0.05) is 126 Å². The van der Waals surface area contributed by atoms with Gasteiger partial charge in [0.25, 0.3) is 0 Å². The molecule has 0 N–H and O–H groups in total. The molecule has 28 heavy (non-hydrogen) atoms. The van der Waals surface area contributed by atoms with E-state index in [1.54, 1.807) is 11.1 Å². The molecule has 1 aliphatic carbocycles. The van der Waals surface area contributed by atoms with Crippen LogP contribution < -0.4 is 0 Å². The molecule has 2 aromatic rings. The fraction of sp³-hybridized carbons (Fsp3) is 0.643. The van der Waals surface area contributed by atoms with Crippen LogP contribution in [-0.2, 0) is 12.8 Å². The number of aryl methyl sites for hydroxylation is 2. The van der Waals surface area contributed by atoms with Crippen LogP contribution in [0.3, 0.4) is 0 Å². The van der Waals surface area contributed by atoms with Gasteiger partial charge in [0.1, 0.15) is 0 Å². The molecule has 3 rings (SSSR count). The van der Waals surface area contributed by atoms with Crippen molar-refractivity contribution in [2.45, 2.75) is 116 Å². The summed E-state index contributed by atoms with van der Waals surface area (Å²) in [4.78, 5) is 0. The second-order valence-corrected chi connectivity index (χ2v) is 9.08. The molecule has 0 atom stereocenters. The topological polar surface area (TPSA) is 0 Å². The maximum absolute atomic E-state index is 2.43. The number of hydrogen-bond donors (Lipinski definition) is 0. The molecular formula is C28H42. The molecule has 0 heteroatoms. The van der Waals surface area contributed by atoms with Crippen molar-refractivity contribution in [3.8, 4) is 0 Å². The Morgan fingerprint density at radius 2 is 0.857 bits per heavy atom. The van der Waals surface area contributed by atoms with Crippen LogP contribution in [-0.4, -0.2) is 0 Å². The third-order valence-corrected chi connectivity index (χ3v) is 6.76. The van der Waals surface area contributed by atoms with Gasteiger partial charge in [-0.05, 0) is 47.6 Å². The van der Waals surface area contributed by atoms with E-state index in [9.17, 15) is 0 Å². The summed E-state index contributed by atoms with van der Waals surface area (Å²) < 4.78 is 0. The standard InChI is InChI=1S/C28H42/c1-2-4-6-8-10-12-14-16-21-27-25(19-15-13-11-9-7-5-3-1)23-24-26-20-17-18-22-28(26)27/h17-18,20,22-24H,1-16,19,21H2. The Morgan fingerprint density at radius 1 is 0.393 bits per heavy atom. The van der Waals surface area contributed by atoms with Crippen molar-refractivity contribution in [2.24, 2.45) is 0 Å². The van der Waals surface area contributed by atoms with Crippen LogP contribution in [0.2, 0.25) is 0 Å². The highest BCUT2D eigenvalue weighted by atomic mass is 14.1. The Morgan fingerprint density at radius 3 is 1.43 bits per heavy atom. The highest BCUT2D eigenvalue weighted by Gasteiger charge is 2.08. The van der Waals surface area contributed by atoms with Gasteiger partial charge < -0.3 is 0 Å². The molecule has 0 nitrogen and oxygen atoms in total. The van der Waals surface area contributed by atoms with Crippen molar-refractivity contribution in [3.05, 3.63) is 47.5 Å². The molecule has 0 aromatic heterocycles. The fourth-order valence-electron chi connectivity index (χ4n) is 5.00.